The molecule has 0 N–H and O–H groups in total. The van der Waals surface area contributed by atoms with Gasteiger partial charge >= 0.3 is 0 Å². The van der Waals surface area contributed by atoms with Gasteiger partial charge in [-0.25, -0.2) is 0 Å². The van der Waals surface area contributed by atoms with Gasteiger partial charge in [0, 0.05) is 18.4 Å². The Morgan fingerprint density at radius 3 is 3.18 bits per heavy atom. The van der Waals surface area contributed by atoms with Gasteiger partial charge in [-0.3, -0.25) is 0 Å². The third-order valence-corrected chi connectivity index (χ3v) is 2.18. The molecule has 1 nitrogen and oxygen atoms in total. The maximum Gasteiger partial charge on any atom is 0.0365 e. The van der Waals surface area contributed by atoms with Crippen molar-refractivity contribution in [3.8, 4) is 0 Å². The molecule has 0 spiro atoms. The van der Waals surface area contributed by atoms with Gasteiger partial charge in [0.15, 0.2) is 0 Å². The van der Waals surface area contributed by atoms with E-state index in [1.165, 1.54) is 31.5 Å². The monoisotopic (exact) mass is 147 g/mol. The number of nitrogens with zero attached hydrogens (tertiary/aromatic N) is 1. The molecule has 2 aliphatic heterocycles. The van der Waals surface area contributed by atoms with Crippen molar-refractivity contribution in [1.82, 2.24) is 4.90 Å². The van der Waals surface area contributed by atoms with Gasteiger partial charge in [0.05, 0.1) is 0 Å². The van der Waals surface area contributed by atoms with Gasteiger partial charge in [-0.05, 0) is 31.4 Å². The zero-order valence-electron chi connectivity index (χ0n) is 6.66. The number of fused-ring (bicyclic) bond motifs is 1. The van der Waals surface area contributed by atoms with E-state index < -0.39 is 0 Å². The maximum atomic E-state index is 2.33. The first-order valence-electron chi connectivity index (χ1n) is 4.28. The first-order chi connectivity index (χ1) is 5.47. The molecule has 2 rings (SSSR count). The molecule has 2 aliphatic rings. The maximum absolute atomic E-state index is 2.33. The van der Waals surface area contributed by atoms with Crippen LogP contribution in [0.1, 0.15) is 19.3 Å². The minimum Gasteiger partial charge on any atom is -0.348 e. The Morgan fingerprint density at radius 2 is 2.18 bits per heavy atom. The van der Waals surface area contributed by atoms with E-state index in [0.29, 0.717) is 0 Å². The minimum atomic E-state index is 1.19. The molecule has 1 heteroatoms. The summed E-state index contributed by atoms with van der Waals surface area (Å²) in [4.78, 5) is 2.33. The summed E-state index contributed by atoms with van der Waals surface area (Å²) >= 11 is 0. The van der Waals surface area contributed by atoms with E-state index in [-0.39, 0.29) is 0 Å². The molecule has 58 valence electrons. The van der Waals surface area contributed by atoms with Crippen molar-refractivity contribution >= 4 is 0 Å². The highest BCUT2D eigenvalue weighted by Gasteiger charge is 2.08. The molecule has 0 bridgehead atoms. The van der Waals surface area contributed by atoms with E-state index >= 15 is 0 Å². The van der Waals surface area contributed by atoms with E-state index in [2.05, 4.69) is 35.4 Å². The van der Waals surface area contributed by atoms with Crippen LogP contribution in [0.4, 0.5) is 0 Å². The fraction of sp³-hybridized carbons (Fsp3) is 0.400. The lowest BCUT2D eigenvalue weighted by Gasteiger charge is -2.21. The molecule has 0 amide bonds. The fourth-order valence-electron chi connectivity index (χ4n) is 1.55. The lowest BCUT2D eigenvalue weighted by molar-refractivity contribution is 0.468. The van der Waals surface area contributed by atoms with Crippen molar-refractivity contribution in [3.05, 3.63) is 36.2 Å². The van der Waals surface area contributed by atoms with Gasteiger partial charge in [0.2, 0.25) is 0 Å². The Balaban J connectivity index is 2.21. The predicted molar refractivity (Wildman–Crippen MR) is 46.9 cm³/mol. The molecule has 0 aliphatic carbocycles. The van der Waals surface area contributed by atoms with Crippen molar-refractivity contribution in [2.24, 2.45) is 0 Å². The van der Waals surface area contributed by atoms with E-state index in [1.807, 2.05) is 0 Å². The standard InChI is InChI=1S/C10H13N/c1-2-6-10-7-3-5-9-11(10)8-4-1/h3,5-7,9H,1-2,4,8H2. The molecule has 0 aromatic rings. The summed E-state index contributed by atoms with van der Waals surface area (Å²) in [7, 11) is 0. The quantitative estimate of drug-likeness (QED) is 0.508. The van der Waals surface area contributed by atoms with Gasteiger partial charge in [0.25, 0.3) is 0 Å². The van der Waals surface area contributed by atoms with Crippen LogP contribution in [0.2, 0.25) is 0 Å². The Bertz CT molecular complexity index is 223. The fourth-order valence-corrected chi connectivity index (χ4v) is 1.55. The van der Waals surface area contributed by atoms with Gasteiger partial charge in [-0.1, -0.05) is 12.2 Å². The summed E-state index contributed by atoms with van der Waals surface area (Å²) in [5.74, 6) is 0. The number of hydrogen-bond donors (Lipinski definition) is 0. The summed E-state index contributed by atoms with van der Waals surface area (Å²) in [6.07, 6.45) is 14.8. The van der Waals surface area contributed by atoms with Crippen molar-refractivity contribution in [2.75, 3.05) is 6.54 Å². The molecule has 0 fully saturated rings. The molecule has 0 aromatic carbocycles. The van der Waals surface area contributed by atoms with Crippen LogP contribution in [-0.2, 0) is 0 Å². The average Bonchev–Trinajstić information content (AvgIpc) is 2.28. The summed E-state index contributed by atoms with van der Waals surface area (Å²) < 4.78 is 0. The van der Waals surface area contributed by atoms with Gasteiger partial charge in [0.1, 0.15) is 0 Å². The minimum absolute atomic E-state index is 1.19. The second-order valence-corrected chi connectivity index (χ2v) is 3.02. The highest BCUT2D eigenvalue weighted by Crippen LogP contribution is 2.18. The summed E-state index contributed by atoms with van der Waals surface area (Å²) in [6.45, 7) is 1.19. The largest absolute Gasteiger partial charge is 0.348 e. The average molecular weight is 147 g/mol. The van der Waals surface area contributed by atoms with E-state index in [0.717, 1.165) is 0 Å². The smallest absolute Gasteiger partial charge is 0.0365 e. The highest BCUT2D eigenvalue weighted by atomic mass is 15.1. The molecule has 0 aromatic heterocycles. The van der Waals surface area contributed by atoms with Crippen LogP contribution in [0.15, 0.2) is 36.2 Å². The molecule has 2 heterocycles. The number of allylic oxidation sites excluding steroid dienone is 4. The topological polar surface area (TPSA) is 3.24 Å². The molecule has 0 saturated heterocycles. The highest BCUT2D eigenvalue weighted by molar-refractivity contribution is 5.28. The molecule has 0 saturated carbocycles. The van der Waals surface area contributed by atoms with Crippen LogP contribution >= 0.6 is 0 Å². The molecule has 0 radical (unpaired) electrons. The first kappa shape index (κ1) is 6.71. The first-order valence-corrected chi connectivity index (χ1v) is 4.28. The Kier molecular flexibility index (Phi) is 1.80. The van der Waals surface area contributed by atoms with Crippen molar-refractivity contribution in [3.63, 3.8) is 0 Å². The molecule has 0 atom stereocenters. The van der Waals surface area contributed by atoms with Gasteiger partial charge in [-0.2, -0.15) is 0 Å². The lowest BCUT2D eigenvalue weighted by atomic mass is 10.2. The molecule has 11 heavy (non-hydrogen) atoms. The molecule has 0 unspecified atom stereocenters. The second kappa shape index (κ2) is 2.95. The van der Waals surface area contributed by atoms with E-state index in [4.69, 9.17) is 0 Å². The zero-order chi connectivity index (χ0) is 7.52. The van der Waals surface area contributed by atoms with Crippen LogP contribution < -0.4 is 0 Å². The lowest BCUT2D eigenvalue weighted by Crippen LogP contribution is -2.16. The second-order valence-electron chi connectivity index (χ2n) is 3.02. The van der Waals surface area contributed by atoms with Gasteiger partial charge in [-0.15, -0.1) is 0 Å². The molecular formula is C10H13N. The summed E-state index contributed by atoms with van der Waals surface area (Å²) in [5.41, 5.74) is 1.38. The van der Waals surface area contributed by atoms with E-state index in [1.54, 1.807) is 0 Å². The third-order valence-electron chi connectivity index (χ3n) is 2.18. The Labute approximate surface area is 67.7 Å². The van der Waals surface area contributed by atoms with Crippen LogP contribution in [0.5, 0.6) is 0 Å². The van der Waals surface area contributed by atoms with Gasteiger partial charge < -0.3 is 4.90 Å². The van der Waals surface area contributed by atoms with Crippen LogP contribution in [0.25, 0.3) is 0 Å². The number of hydrogen-bond acceptors (Lipinski definition) is 1. The predicted octanol–water partition coefficient (Wildman–Crippen LogP) is 2.44. The van der Waals surface area contributed by atoms with E-state index in [9.17, 15) is 0 Å². The summed E-state index contributed by atoms with van der Waals surface area (Å²) in [6, 6.07) is 0. The number of rotatable bonds is 0. The van der Waals surface area contributed by atoms with Crippen molar-refractivity contribution in [1.29, 1.82) is 0 Å². The third kappa shape index (κ3) is 1.37. The van der Waals surface area contributed by atoms with Crippen LogP contribution in [0, 0.1) is 0 Å². The normalized spacial score (nSPS) is 22.5. The Morgan fingerprint density at radius 1 is 1.18 bits per heavy atom. The SMILES string of the molecule is C1=CC2=CCCCCN2C=C1. The Hall–Kier alpha value is -0.980. The molecular weight excluding hydrogens is 134 g/mol. The van der Waals surface area contributed by atoms with Crippen molar-refractivity contribution < 1.29 is 0 Å². The summed E-state index contributed by atoms with van der Waals surface area (Å²) in [5, 5.41) is 0. The van der Waals surface area contributed by atoms with Crippen LogP contribution in [-0.4, -0.2) is 11.4 Å². The zero-order valence-corrected chi connectivity index (χ0v) is 6.66. The van der Waals surface area contributed by atoms with Crippen molar-refractivity contribution in [2.45, 2.75) is 19.3 Å². The van der Waals surface area contributed by atoms with Crippen LogP contribution in [0.3, 0.4) is 0 Å².